The maximum absolute atomic E-state index is 12.4. The Labute approximate surface area is 143 Å². The van der Waals surface area contributed by atoms with Gasteiger partial charge in [-0.05, 0) is 57.2 Å². The molecule has 1 aromatic carbocycles. The summed E-state index contributed by atoms with van der Waals surface area (Å²) in [6.07, 6.45) is 0.976. The van der Waals surface area contributed by atoms with E-state index in [-0.39, 0.29) is 5.91 Å². The van der Waals surface area contributed by atoms with Crippen LogP contribution < -0.4 is 0 Å². The molecule has 0 saturated carbocycles. The normalized spacial score (nSPS) is 10.6. The first-order valence-electron chi connectivity index (χ1n) is 7.86. The van der Waals surface area contributed by atoms with Crippen molar-refractivity contribution in [2.75, 3.05) is 19.3 Å². The average molecular weight is 328 g/mol. The molecule has 1 amide bonds. The van der Waals surface area contributed by atoms with Gasteiger partial charge >= 0.3 is 0 Å². The van der Waals surface area contributed by atoms with Crippen molar-refractivity contribution in [1.82, 2.24) is 9.88 Å². The quantitative estimate of drug-likeness (QED) is 0.587. The molecule has 0 N–H and O–H groups in total. The molecule has 0 radical (unpaired) electrons. The van der Waals surface area contributed by atoms with E-state index in [1.165, 1.54) is 10.5 Å². The van der Waals surface area contributed by atoms with Crippen LogP contribution >= 0.6 is 11.8 Å². The zero-order valence-electron chi connectivity index (χ0n) is 14.3. The van der Waals surface area contributed by atoms with Crippen LogP contribution in [0.1, 0.15) is 33.7 Å². The summed E-state index contributed by atoms with van der Waals surface area (Å²) in [4.78, 5) is 19.8. The van der Waals surface area contributed by atoms with Gasteiger partial charge in [-0.3, -0.25) is 9.78 Å². The lowest BCUT2D eigenvalue weighted by Crippen LogP contribution is -2.28. The first kappa shape index (κ1) is 17.5. The van der Waals surface area contributed by atoms with Crippen LogP contribution in [0, 0.1) is 20.8 Å². The molecule has 122 valence electrons. The van der Waals surface area contributed by atoms with Gasteiger partial charge in [-0.25, -0.2) is 0 Å². The highest BCUT2D eigenvalue weighted by Crippen LogP contribution is 2.19. The van der Waals surface area contributed by atoms with Gasteiger partial charge in [-0.15, -0.1) is 11.8 Å². The monoisotopic (exact) mass is 328 g/mol. The molecular formula is C19H24N2OS. The Kier molecular flexibility index (Phi) is 6.22. The molecule has 0 atom stereocenters. The Bertz CT molecular complexity index is 647. The topological polar surface area (TPSA) is 33.2 Å². The molecule has 2 rings (SSSR count). The molecule has 2 aromatic rings. The Morgan fingerprint density at radius 1 is 1.09 bits per heavy atom. The second-order valence-electron chi connectivity index (χ2n) is 5.88. The maximum atomic E-state index is 12.4. The van der Waals surface area contributed by atoms with Gasteiger partial charge in [0.1, 0.15) is 0 Å². The van der Waals surface area contributed by atoms with Crippen LogP contribution in [0.2, 0.25) is 0 Å². The highest BCUT2D eigenvalue weighted by atomic mass is 32.2. The number of pyridine rings is 1. The van der Waals surface area contributed by atoms with E-state index < -0.39 is 0 Å². The minimum Gasteiger partial charge on any atom is -0.342 e. The highest BCUT2D eigenvalue weighted by Gasteiger charge is 2.12. The summed E-state index contributed by atoms with van der Waals surface area (Å²) in [7, 11) is 1.87. The molecule has 0 aliphatic carbocycles. The molecule has 1 heterocycles. The predicted molar refractivity (Wildman–Crippen MR) is 97.2 cm³/mol. The van der Waals surface area contributed by atoms with E-state index in [0.717, 1.165) is 35.7 Å². The van der Waals surface area contributed by atoms with E-state index in [4.69, 9.17) is 0 Å². The largest absolute Gasteiger partial charge is 0.342 e. The number of thioether (sulfide) groups is 1. The van der Waals surface area contributed by atoms with Gasteiger partial charge in [0.15, 0.2) is 0 Å². The lowest BCUT2D eigenvalue weighted by atomic mass is 10.2. The number of aryl methyl sites for hydroxylation is 3. The summed E-state index contributed by atoms with van der Waals surface area (Å²) < 4.78 is 0. The number of benzene rings is 1. The van der Waals surface area contributed by atoms with Gasteiger partial charge in [-0.1, -0.05) is 17.7 Å². The third kappa shape index (κ3) is 5.39. The Morgan fingerprint density at radius 2 is 1.70 bits per heavy atom. The minimum atomic E-state index is 0.0685. The number of aromatic nitrogens is 1. The van der Waals surface area contributed by atoms with E-state index in [2.05, 4.69) is 36.2 Å². The predicted octanol–water partition coefficient (Wildman–Crippen LogP) is 4.26. The molecule has 23 heavy (non-hydrogen) atoms. The smallest absolute Gasteiger partial charge is 0.253 e. The Balaban J connectivity index is 1.81. The summed E-state index contributed by atoms with van der Waals surface area (Å²) in [5, 5.41) is 0. The van der Waals surface area contributed by atoms with E-state index in [9.17, 15) is 4.79 Å². The van der Waals surface area contributed by atoms with Gasteiger partial charge in [0.25, 0.3) is 5.91 Å². The molecule has 0 fully saturated rings. The molecule has 4 heteroatoms. The van der Waals surface area contributed by atoms with E-state index >= 15 is 0 Å². The van der Waals surface area contributed by atoms with Gasteiger partial charge in [-0.2, -0.15) is 0 Å². The summed E-state index contributed by atoms with van der Waals surface area (Å²) in [6.45, 7) is 6.69. The first-order chi connectivity index (χ1) is 11.0. The standard InChI is InChI=1S/C19H24N2OS/c1-14-6-8-18(9-7-14)23-11-5-10-21(4)19(22)17-12-15(2)20-16(3)13-17/h6-9,12-13H,5,10-11H2,1-4H3. The summed E-state index contributed by atoms with van der Waals surface area (Å²) in [6, 6.07) is 12.3. The van der Waals surface area contributed by atoms with E-state index in [1.54, 1.807) is 4.90 Å². The van der Waals surface area contributed by atoms with Crippen LogP contribution in [0.5, 0.6) is 0 Å². The molecule has 0 aliphatic rings. The van der Waals surface area contributed by atoms with Crippen LogP contribution in [-0.2, 0) is 0 Å². The lowest BCUT2D eigenvalue weighted by molar-refractivity contribution is 0.0795. The second-order valence-corrected chi connectivity index (χ2v) is 7.05. The average Bonchev–Trinajstić information content (AvgIpc) is 2.51. The van der Waals surface area contributed by atoms with Crippen molar-refractivity contribution in [3.05, 3.63) is 58.9 Å². The minimum absolute atomic E-state index is 0.0685. The van der Waals surface area contributed by atoms with E-state index in [0.29, 0.717) is 0 Å². The van der Waals surface area contributed by atoms with Crippen molar-refractivity contribution < 1.29 is 4.79 Å². The molecular weight excluding hydrogens is 304 g/mol. The third-order valence-corrected chi connectivity index (χ3v) is 4.70. The fourth-order valence-corrected chi connectivity index (χ4v) is 3.24. The first-order valence-corrected chi connectivity index (χ1v) is 8.84. The van der Waals surface area contributed by atoms with Gasteiger partial charge in [0.05, 0.1) is 0 Å². The highest BCUT2D eigenvalue weighted by molar-refractivity contribution is 7.99. The molecule has 0 unspecified atom stereocenters. The molecule has 3 nitrogen and oxygen atoms in total. The number of hydrogen-bond acceptors (Lipinski definition) is 3. The van der Waals surface area contributed by atoms with Crippen molar-refractivity contribution in [2.45, 2.75) is 32.1 Å². The molecule has 0 bridgehead atoms. The third-order valence-electron chi connectivity index (χ3n) is 3.60. The van der Waals surface area contributed by atoms with Gasteiger partial charge in [0.2, 0.25) is 0 Å². The van der Waals surface area contributed by atoms with Crippen molar-refractivity contribution in [3.63, 3.8) is 0 Å². The SMILES string of the molecule is Cc1ccc(SCCCN(C)C(=O)c2cc(C)nc(C)c2)cc1. The van der Waals surface area contributed by atoms with Crippen molar-refractivity contribution in [3.8, 4) is 0 Å². The summed E-state index contributed by atoms with van der Waals surface area (Å²) in [5.41, 5.74) is 3.78. The number of hydrogen-bond donors (Lipinski definition) is 0. The van der Waals surface area contributed by atoms with Crippen LogP contribution in [0.3, 0.4) is 0 Å². The number of nitrogens with zero attached hydrogens (tertiary/aromatic N) is 2. The molecule has 0 spiro atoms. The number of carbonyl (C=O) groups is 1. The van der Waals surface area contributed by atoms with Crippen molar-refractivity contribution in [2.24, 2.45) is 0 Å². The van der Waals surface area contributed by atoms with Crippen LogP contribution in [0.15, 0.2) is 41.3 Å². The Morgan fingerprint density at radius 3 is 2.30 bits per heavy atom. The van der Waals surface area contributed by atoms with E-state index in [1.807, 2.05) is 44.8 Å². The Hall–Kier alpha value is -1.81. The lowest BCUT2D eigenvalue weighted by Gasteiger charge is -2.17. The number of rotatable bonds is 6. The maximum Gasteiger partial charge on any atom is 0.253 e. The zero-order chi connectivity index (χ0) is 16.8. The van der Waals surface area contributed by atoms with Crippen molar-refractivity contribution in [1.29, 1.82) is 0 Å². The van der Waals surface area contributed by atoms with Gasteiger partial charge < -0.3 is 4.90 Å². The van der Waals surface area contributed by atoms with Crippen LogP contribution in [0.4, 0.5) is 0 Å². The zero-order valence-corrected chi connectivity index (χ0v) is 15.1. The van der Waals surface area contributed by atoms with Gasteiger partial charge in [0, 0.05) is 35.4 Å². The molecule has 0 aliphatic heterocycles. The fourth-order valence-electron chi connectivity index (χ4n) is 2.41. The molecule has 0 saturated heterocycles. The summed E-state index contributed by atoms with van der Waals surface area (Å²) in [5.74, 6) is 1.08. The van der Waals surface area contributed by atoms with Crippen LogP contribution in [0.25, 0.3) is 0 Å². The number of amides is 1. The second kappa shape index (κ2) is 8.16. The van der Waals surface area contributed by atoms with Crippen LogP contribution in [-0.4, -0.2) is 35.1 Å². The molecule has 1 aromatic heterocycles. The fraction of sp³-hybridized carbons (Fsp3) is 0.368. The van der Waals surface area contributed by atoms with Crippen molar-refractivity contribution >= 4 is 17.7 Å². The summed E-state index contributed by atoms with van der Waals surface area (Å²) >= 11 is 1.84. The number of carbonyl (C=O) groups excluding carboxylic acids is 1.